The number of imidazole rings is 1. The molecule has 2 aliphatic heterocycles. The fourth-order valence-electron chi connectivity index (χ4n) is 3.48. The molecule has 0 aromatic carbocycles. The number of fused-ring (bicyclic) bond motifs is 1. The van der Waals surface area contributed by atoms with Gasteiger partial charge in [0.2, 0.25) is 0 Å². The highest BCUT2D eigenvalue weighted by Gasteiger charge is 2.35. The monoisotopic (exact) mass is 416 g/mol. The molecule has 0 saturated carbocycles. The standard InChI is InChI=1S/C20H24N4O2S2/c25-19-16(15-22-10-2-1-3-11-22)28-20(26)24(19)12-4-5-14-27-18-8-6-7-17-21-9-13-23(17)18/h6-9,13,15H,1-5,10-12,14H2/b16-15-. The third-order valence-corrected chi connectivity index (χ3v) is 7.00. The molecule has 0 bridgehead atoms. The number of hydrogen-bond donors (Lipinski definition) is 0. The number of carbonyl (C=O) groups is 2. The molecule has 148 valence electrons. The van der Waals surface area contributed by atoms with Gasteiger partial charge in [-0.2, -0.15) is 0 Å². The smallest absolute Gasteiger partial charge is 0.293 e. The number of carbonyl (C=O) groups excluding carboxylic acids is 2. The SMILES string of the molecule is O=C1S/C(=C\N2CCCCC2)C(=O)N1CCCCSc1cccc2nccn12. The lowest BCUT2D eigenvalue weighted by molar-refractivity contribution is -0.122. The Balaban J connectivity index is 1.24. The highest BCUT2D eigenvalue weighted by Crippen LogP contribution is 2.31. The summed E-state index contributed by atoms with van der Waals surface area (Å²) in [6, 6.07) is 6.09. The molecule has 4 rings (SSSR count). The van der Waals surface area contributed by atoms with Crippen LogP contribution in [0.2, 0.25) is 0 Å². The molecular weight excluding hydrogens is 392 g/mol. The zero-order valence-electron chi connectivity index (χ0n) is 15.7. The molecule has 8 heteroatoms. The predicted molar refractivity (Wildman–Crippen MR) is 113 cm³/mol. The van der Waals surface area contributed by atoms with Gasteiger partial charge >= 0.3 is 0 Å². The Hall–Kier alpha value is -1.93. The minimum absolute atomic E-state index is 0.128. The van der Waals surface area contributed by atoms with Crippen LogP contribution < -0.4 is 0 Å². The van der Waals surface area contributed by atoms with Crippen LogP contribution in [0.5, 0.6) is 0 Å². The van der Waals surface area contributed by atoms with E-state index in [0.29, 0.717) is 11.4 Å². The summed E-state index contributed by atoms with van der Waals surface area (Å²) in [6.45, 7) is 2.46. The molecule has 0 spiro atoms. The van der Waals surface area contributed by atoms with Crippen molar-refractivity contribution < 1.29 is 9.59 Å². The van der Waals surface area contributed by atoms with E-state index in [1.54, 1.807) is 18.0 Å². The molecule has 2 amide bonds. The topological polar surface area (TPSA) is 57.9 Å². The van der Waals surface area contributed by atoms with Gasteiger partial charge in [-0.3, -0.25) is 18.9 Å². The van der Waals surface area contributed by atoms with E-state index in [0.717, 1.165) is 67.0 Å². The number of amides is 2. The second-order valence-electron chi connectivity index (χ2n) is 6.99. The van der Waals surface area contributed by atoms with Gasteiger partial charge in [0.05, 0.1) is 9.93 Å². The lowest BCUT2D eigenvalue weighted by atomic mass is 10.1. The Morgan fingerprint density at radius 1 is 1.14 bits per heavy atom. The van der Waals surface area contributed by atoms with Crippen molar-refractivity contribution in [3.05, 3.63) is 41.7 Å². The lowest BCUT2D eigenvalue weighted by Gasteiger charge is -2.25. The molecule has 0 N–H and O–H groups in total. The molecule has 0 unspecified atom stereocenters. The Morgan fingerprint density at radius 2 is 2.00 bits per heavy atom. The van der Waals surface area contributed by atoms with Crippen LogP contribution >= 0.6 is 23.5 Å². The van der Waals surface area contributed by atoms with Crippen molar-refractivity contribution in [1.29, 1.82) is 0 Å². The summed E-state index contributed by atoms with van der Waals surface area (Å²) < 4.78 is 2.08. The molecule has 2 saturated heterocycles. The highest BCUT2D eigenvalue weighted by atomic mass is 32.2. The number of aromatic nitrogens is 2. The Bertz CT molecular complexity index is 889. The first-order valence-electron chi connectivity index (χ1n) is 9.77. The number of imide groups is 1. The van der Waals surface area contributed by atoms with Gasteiger partial charge in [0, 0.05) is 38.2 Å². The molecule has 4 heterocycles. The van der Waals surface area contributed by atoms with Crippen LogP contribution in [0.4, 0.5) is 4.79 Å². The van der Waals surface area contributed by atoms with Gasteiger partial charge in [-0.25, -0.2) is 4.98 Å². The number of hydrogen-bond acceptors (Lipinski definition) is 6. The van der Waals surface area contributed by atoms with Crippen molar-refractivity contribution in [2.24, 2.45) is 0 Å². The van der Waals surface area contributed by atoms with E-state index in [9.17, 15) is 9.59 Å². The van der Waals surface area contributed by atoms with Gasteiger partial charge in [0.25, 0.3) is 11.1 Å². The largest absolute Gasteiger partial charge is 0.376 e. The summed E-state index contributed by atoms with van der Waals surface area (Å²) in [6.07, 6.45) is 11.0. The molecule has 2 aliphatic rings. The minimum Gasteiger partial charge on any atom is -0.376 e. The summed E-state index contributed by atoms with van der Waals surface area (Å²) in [7, 11) is 0. The molecule has 2 fully saturated rings. The number of rotatable bonds is 7. The summed E-state index contributed by atoms with van der Waals surface area (Å²) in [5, 5.41) is 1.02. The second-order valence-corrected chi connectivity index (χ2v) is 9.10. The third-order valence-electron chi connectivity index (χ3n) is 4.98. The molecular formula is C20H24N4O2S2. The van der Waals surface area contributed by atoms with E-state index in [-0.39, 0.29) is 11.1 Å². The fourth-order valence-corrected chi connectivity index (χ4v) is 5.38. The number of piperidine rings is 1. The maximum absolute atomic E-state index is 12.6. The summed E-state index contributed by atoms with van der Waals surface area (Å²) >= 11 is 2.85. The predicted octanol–water partition coefficient (Wildman–Crippen LogP) is 4.23. The Morgan fingerprint density at radius 3 is 2.86 bits per heavy atom. The van der Waals surface area contributed by atoms with Crippen LogP contribution in [0.3, 0.4) is 0 Å². The van der Waals surface area contributed by atoms with Gasteiger partial charge in [-0.05, 0) is 61.8 Å². The maximum Gasteiger partial charge on any atom is 0.293 e. The molecule has 0 radical (unpaired) electrons. The molecule has 0 aliphatic carbocycles. The molecule has 2 aromatic heterocycles. The van der Waals surface area contributed by atoms with Crippen molar-refractivity contribution in [1.82, 2.24) is 19.2 Å². The number of unbranched alkanes of at least 4 members (excludes halogenated alkanes) is 1. The van der Waals surface area contributed by atoms with Crippen molar-refractivity contribution in [3.63, 3.8) is 0 Å². The van der Waals surface area contributed by atoms with Crippen molar-refractivity contribution in [2.75, 3.05) is 25.4 Å². The van der Waals surface area contributed by atoms with Gasteiger partial charge in [-0.1, -0.05) is 6.07 Å². The number of thioether (sulfide) groups is 2. The van der Waals surface area contributed by atoms with Crippen LogP contribution in [0.1, 0.15) is 32.1 Å². The fraction of sp³-hybridized carbons (Fsp3) is 0.450. The summed E-state index contributed by atoms with van der Waals surface area (Å²) in [4.78, 5) is 33.3. The number of likely N-dealkylation sites (tertiary alicyclic amines) is 1. The van der Waals surface area contributed by atoms with Gasteiger partial charge < -0.3 is 4.90 Å². The molecule has 6 nitrogen and oxygen atoms in total. The Labute approximate surface area is 173 Å². The van der Waals surface area contributed by atoms with Crippen molar-refractivity contribution in [2.45, 2.75) is 37.1 Å². The van der Waals surface area contributed by atoms with Crippen LogP contribution in [-0.2, 0) is 4.79 Å². The number of nitrogens with zero attached hydrogens (tertiary/aromatic N) is 4. The van der Waals surface area contributed by atoms with E-state index in [2.05, 4.69) is 20.4 Å². The lowest BCUT2D eigenvalue weighted by Crippen LogP contribution is -2.30. The molecule has 2 aromatic rings. The first-order valence-corrected chi connectivity index (χ1v) is 11.6. The second kappa shape index (κ2) is 9.05. The van der Waals surface area contributed by atoms with Crippen LogP contribution in [0, 0.1) is 0 Å². The van der Waals surface area contributed by atoms with E-state index < -0.39 is 0 Å². The van der Waals surface area contributed by atoms with Gasteiger partial charge in [0.1, 0.15) is 5.65 Å². The maximum atomic E-state index is 12.6. The number of pyridine rings is 1. The first kappa shape index (κ1) is 19.4. The first-order chi connectivity index (χ1) is 13.7. The van der Waals surface area contributed by atoms with E-state index >= 15 is 0 Å². The van der Waals surface area contributed by atoms with E-state index in [4.69, 9.17) is 0 Å². The highest BCUT2D eigenvalue weighted by molar-refractivity contribution is 8.18. The summed E-state index contributed by atoms with van der Waals surface area (Å²) in [5.41, 5.74) is 0.948. The van der Waals surface area contributed by atoms with Crippen molar-refractivity contribution >= 4 is 40.3 Å². The zero-order chi connectivity index (χ0) is 19.3. The van der Waals surface area contributed by atoms with Gasteiger partial charge in [-0.15, -0.1) is 11.8 Å². The molecule has 0 atom stereocenters. The zero-order valence-corrected chi connectivity index (χ0v) is 17.4. The normalized spacial score (nSPS) is 19.4. The van der Waals surface area contributed by atoms with Crippen molar-refractivity contribution in [3.8, 4) is 0 Å². The van der Waals surface area contributed by atoms with Crippen LogP contribution in [0.25, 0.3) is 5.65 Å². The van der Waals surface area contributed by atoms with Gasteiger partial charge in [0.15, 0.2) is 0 Å². The van der Waals surface area contributed by atoms with E-state index in [1.807, 2.05) is 24.5 Å². The summed E-state index contributed by atoms with van der Waals surface area (Å²) in [5.74, 6) is 0.813. The van der Waals surface area contributed by atoms with Crippen LogP contribution in [0.15, 0.2) is 46.7 Å². The quantitative estimate of drug-likeness (QED) is 0.382. The third kappa shape index (κ3) is 4.38. The molecule has 28 heavy (non-hydrogen) atoms. The van der Waals surface area contributed by atoms with Crippen LogP contribution in [-0.4, -0.2) is 55.7 Å². The minimum atomic E-state index is -0.135. The average molecular weight is 417 g/mol. The Kier molecular flexibility index (Phi) is 6.26. The van der Waals surface area contributed by atoms with E-state index in [1.165, 1.54) is 11.3 Å². The average Bonchev–Trinajstić information content (AvgIpc) is 3.29.